The van der Waals surface area contributed by atoms with Crippen molar-refractivity contribution in [3.63, 3.8) is 0 Å². The summed E-state index contributed by atoms with van der Waals surface area (Å²) in [6.45, 7) is 6.67. The third-order valence-corrected chi connectivity index (χ3v) is 7.30. The van der Waals surface area contributed by atoms with Gasteiger partial charge in [-0.05, 0) is 43.7 Å². The van der Waals surface area contributed by atoms with E-state index < -0.39 is 28.9 Å². The van der Waals surface area contributed by atoms with Gasteiger partial charge in [-0.25, -0.2) is 23.5 Å². The fraction of sp³-hybridized carbons (Fsp3) is 0.370. The molecule has 3 aromatic heterocycles. The first-order chi connectivity index (χ1) is 19.0. The van der Waals surface area contributed by atoms with Crippen LogP contribution in [0, 0.1) is 18.6 Å². The number of hydrogen-bond acceptors (Lipinski definition) is 7. The van der Waals surface area contributed by atoms with Crippen LogP contribution in [-0.4, -0.2) is 60.7 Å². The van der Waals surface area contributed by atoms with Crippen molar-refractivity contribution in [1.82, 2.24) is 28.6 Å². The van der Waals surface area contributed by atoms with Gasteiger partial charge in [0, 0.05) is 52.9 Å². The number of aryl methyl sites for hydroxylation is 2. The SMILES string of the molecule is Cc1nc2c(c(=O)n(C)c(=O)n2C)n1C(C)C(=O)Nc1ccc(N2CCN(Cc3cc(F)cc(F)c3)CC2)cn1. The number of carbonyl (C=O) groups is 1. The smallest absolute Gasteiger partial charge is 0.332 e. The van der Waals surface area contributed by atoms with Gasteiger partial charge in [0.15, 0.2) is 11.2 Å². The van der Waals surface area contributed by atoms with Crippen molar-refractivity contribution in [3.05, 3.63) is 80.4 Å². The Morgan fingerprint density at radius 1 is 1.02 bits per heavy atom. The molecule has 1 amide bonds. The Bertz CT molecular complexity index is 1680. The molecule has 1 saturated heterocycles. The average molecular weight is 553 g/mol. The molecule has 1 aliphatic heterocycles. The number of aromatic nitrogens is 5. The maximum absolute atomic E-state index is 13.5. The van der Waals surface area contributed by atoms with E-state index in [1.54, 1.807) is 26.1 Å². The number of nitrogens with one attached hydrogen (secondary N) is 1. The first kappa shape index (κ1) is 27.2. The lowest BCUT2D eigenvalue weighted by atomic mass is 10.2. The molecule has 0 radical (unpaired) electrons. The van der Waals surface area contributed by atoms with Crippen molar-refractivity contribution in [2.45, 2.75) is 26.4 Å². The molecule has 210 valence electrons. The minimum atomic E-state index is -0.795. The summed E-state index contributed by atoms with van der Waals surface area (Å²) in [7, 11) is 2.92. The molecule has 1 atom stereocenters. The summed E-state index contributed by atoms with van der Waals surface area (Å²) in [4.78, 5) is 51.3. The van der Waals surface area contributed by atoms with E-state index in [-0.39, 0.29) is 17.1 Å². The average Bonchev–Trinajstić information content (AvgIpc) is 3.27. The second-order valence-corrected chi connectivity index (χ2v) is 10.0. The van der Waals surface area contributed by atoms with E-state index in [0.717, 1.165) is 29.4 Å². The topological polar surface area (TPSA) is 110 Å². The molecule has 0 saturated carbocycles. The standard InChI is InChI=1S/C27H30F2N8O3/c1-16(37-17(2)31-24-23(37)26(39)34(4)27(40)33(24)3)25(38)32-22-6-5-21(14-30-22)36-9-7-35(8-10-36)15-18-11-19(28)13-20(29)12-18/h5-6,11-14,16H,7-10,15H2,1-4H3,(H,30,32,38). The van der Waals surface area contributed by atoms with Crippen LogP contribution in [0.4, 0.5) is 20.3 Å². The van der Waals surface area contributed by atoms with Crippen LogP contribution < -0.4 is 21.5 Å². The maximum Gasteiger partial charge on any atom is 0.332 e. The number of amides is 1. The normalized spacial score (nSPS) is 15.0. The zero-order valence-corrected chi connectivity index (χ0v) is 22.7. The predicted octanol–water partition coefficient (Wildman–Crippen LogP) is 1.94. The highest BCUT2D eigenvalue weighted by Crippen LogP contribution is 2.21. The van der Waals surface area contributed by atoms with Gasteiger partial charge in [-0.3, -0.25) is 23.6 Å². The number of piperazine rings is 1. The van der Waals surface area contributed by atoms with Crippen LogP contribution in [0.25, 0.3) is 11.2 Å². The Morgan fingerprint density at radius 2 is 1.70 bits per heavy atom. The molecule has 1 aromatic carbocycles. The molecule has 11 nitrogen and oxygen atoms in total. The number of rotatable bonds is 6. The molecule has 0 bridgehead atoms. The summed E-state index contributed by atoms with van der Waals surface area (Å²) in [5, 5.41) is 2.79. The molecule has 4 aromatic rings. The molecule has 0 spiro atoms. The molecule has 1 N–H and O–H groups in total. The minimum Gasteiger partial charge on any atom is -0.368 e. The summed E-state index contributed by atoms with van der Waals surface area (Å²) >= 11 is 0. The van der Waals surface area contributed by atoms with Crippen LogP contribution in [0.3, 0.4) is 0 Å². The zero-order valence-electron chi connectivity index (χ0n) is 22.7. The van der Waals surface area contributed by atoms with E-state index in [2.05, 4.69) is 25.1 Å². The van der Waals surface area contributed by atoms with Gasteiger partial charge in [0.2, 0.25) is 5.91 Å². The number of hydrogen-bond donors (Lipinski definition) is 1. The first-order valence-corrected chi connectivity index (χ1v) is 12.9. The largest absolute Gasteiger partial charge is 0.368 e. The monoisotopic (exact) mass is 552 g/mol. The van der Waals surface area contributed by atoms with Crippen molar-refractivity contribution in [2.75, 3.05) is 36.4 Å². The van der Waals surface area contributed by atoms with E-state index in [1.807, 2.05) is 6.07 Å². The predicted molar refractivity (Wildman–Crippen MR) is 146 cm³/mol. The molecule has 1 fully saturated rings. The third kappa shape index (κ3) is 5.11. The fourth-order valence-corrected chi connectivity index (χ4v) is 5.12. The van der Waals surface area contributed by atoms with Crippen LogP contribution in [0.15, 0.2) is 46.1 Å². The van der Waals surface area contributed by atoms with Crippen molar-refractivity contribution >= 4 is 28.6 Å². The van der Waals surface area contributed by atoms with Crippen LogP contribution in [0.2, 0.25) is 0 Å². The Balaban J connectivity index is 1.23. The van der Waals surface area contributed by atoms with E-state index in [9.17, 15) is 23.2 Å². The maximum atomic E-state index is 13.5. The number of nitrogens with zero attached hydrogens (tertiary/aromatic N) is 7. The Labute approximate surface area is 228 Å². The van der Waals surface area contributed by atoms with Gasteiger partial charge in [0.1, 0.15) is 29.3 Å². The number of benzene rings is 1. The van der Waals surface area contributed by atoms with Crippen molar-refractivity contribution in [2.24, 2.45) is 14.1 Å². The number of pyridine rings is 1. The summed E-state index contributed by atoms with van der Waals surface area (Å²) in [5.41, 5.74) is 0.871. The van der Waals surface area contributed by atoms with Gasteiger partial charge >= 0.3 is 5.69 Å². The van der Waals surface area contributed by atoms with Gasteiger partial charge in [-0.15, -0.1) is 0 Å². The highest BCUT2D eigenvalue weighted by atomic mass is 19.1. The molecule has 1 aliphatic rings. The quantitative estimate of drug-likeness (QED) is 0.389. The number of imidazole rings is 1. The van der Waals surface area contributed by atoms with Crippen molar-refractivity contribution < 1.29 is 13.6 Å². The molecular formula is C27H30F2N8O3. The van der Waals surface area contributed by atoms with Crippen LogP contribution >= 0.6 is 0 Å². The van der Waals surface area contributed by atoms with E-state index in [0.29, 0.717) is 36.8 Å². The molecule has 0 aliphatic carbocycles. The summed E-state index contributed by atoms with van der Waals surface area (Å²) < 4.78 is 30.8. The van der Waals surface area contributed by atoms with E-state index in [4.69, 9.17) is 0 Å². The Kier molecular flexibility index (Phi) is 7.23. The number of anilines is 2. The highest BCUT2D eigenvalue weighted by molar-refractivity contribution is 5.93. The fourth-order valence-electron chi connectivity index (χ4n) is 5.12. The molecular weight excluding hydrogens is 522 g/mol. The minimum absolute atomic E-state index is 0.176. The highest BCUT2D eigenvalue weighted by Gasteiger charge is 2.25. The van der Waals surface area contributed by atoms with Gasteiger partial charge < -0.3 is 14.8 Å². The van der Waals surface area contributed by atoms with Crippen molar-refractivity contribution in [1.29, 1.82) is 0 Å². The van der Waals surface area contributed by atoms with E-state index >= 15 is 0 Å². The number of halogens is 2. The lowest BCUT2D eigenvalue weighted by molar-refractivity contribution is -0.118. The first-order valence-electron chi connectivity index (χ1n) is 12.9. The molecule has 40 heavy (non-hydrogen) atoms. The summed E-state index contributed by atoms with van der Waals surface area (Å²) in [6, 6.07) is 6.36. The van der Waals surface area contributed by atoms with Crippen LogP contribution in [-0.2, 0) is 25.4 Å². The lowest BCUT2D eigenvalue weighted by Gasteiger charge is -2.36. The van der Waals surface area contributed by atoms with Gasteiger partial charge in [0.25, 0.3) is 5.56 Å². The lowest BCUT2D eigenvalue weighted by Crippen LogP contribution is -2.46. The van der Waals surface area contributed by atoms with Crippen LogP contribution in [0.1, 0.15) is 24.4 Å². The molecule has 13 heteroatoms. The van der Waals surface area contributed by atoms with Gasteiger partial charge in [0.05, 0.1) is 11.9 Å². The summed E-state index contributed by atoms with van der Waals surface area (Å²) in [6.07, 6.45) is 1.68. The second kappa shape index (κ2) is 10.6. The Hall–Kier alpha value is -4.39. The molecule has 4 heterocycles. The zero-order chi connectivity index (χ0) is 28.7. The molecule has 1 unspecified atom stereocenters. The number of carbonyl (C=O) groups excluding carboxylic acids is 1. The van der Waals surface area contributed by atoms with Crippen molar-refractivity contribution in [3.8, 4) is 0 Å². The summed E-state index contributed by atoms with van der Waals surface area (Å²) in [5.74, 6) is -0.756. The number of fused-ring (bicyclic) bond motifs is 1. The van der Waals surface area contributed by atoms with Gasteiger partial charge in [-0.2, -0.15) is 0 Å². The molecule has 5 rings (SSSR count). The van der Waals surface area contributed by atoms with Gasteiger partial charge in [-0.1, -0.05) is 0 Å². The Morgan fingerprint density at radius 3 is 2.33 bits per heavy atom. The van der Waals surface area contributed by atoms with Crippen LogP contribution in [0.5, 0.6) is 0 Å². The third-order valence-electron chi connectivity index (χ3n) is 7.30. The van der Waals surface area contributed by atoms with E-state index in [1.165, 1.54) is 35.4 Å². The second-order valence-electron chi connectivity index (χ2n) is 10.0.